The van der Waals surface area contributed by atoms with Gasteiger partial charge in [-0.2, -0.15) is 0 Å². The van der Waals surface area contributed by atoms with Gasteiger partial charge in [0, 0.05) is 19.1 Å². The molecule has 192 valence electrons. The minimum absolute atomic E-state index is 0.0843. The van der Waals surface area contributed by atoms with Crippen LogP contribution in [0.25, 0.3) is 0 Å². The van der Waals surface area contributed by atoms with Crippen LogP contribution in [0.5, 0.6) is 11.5 Å². The fourth-order valence-electron chi connectivity index (χ4n) is 4.52. The van der Waals surface area contributed by atoms with Crippen LogP contribution in [0, 0.1) is 0 Å². The molecule has 2 aliphatic rings. The maximum atomic E-state index is 11.2. The molecule has 0 radical (unpaired) electrons. The third-order valence-electron chi connectivity index (χ3n) is 6.35. The molecule has 0 bridgehead atoms. The molecule has 2 aromatic carbocycles. The molecule has 0 saturated carbocycles. The first kappa shape index (κ1) is 25.9. The standard InChI is InChI=1S/C25H32O9S/c1-35(30,31)10-2-8-32-19-5-3-15(4-6-19)11-17-13-18(12-16-7-9-33-24(16)17)25-23(29)22(28)21(27)20(14-26)34-25/h3-6,12-13,20-23,25-29H,2,7-11,14H2,1H3/t20-,21-,22+,23-,25?/m1/s1. The van der Waals surface area contributed by atoms with Crippen LogP contribution in [0.1, 0.15) is 34.8 Å². The zero-order chi connectivity index (χ0) is 25.2. The molecule has 35 heavy (non-hydrogen) atoms. The molecule has 2 aromatic rings. The summed E-state index contributed by atoms with van der Waals surface area (Å²) in [4.78, 5) is 0. The Kier molecular flexibility index (Phi) is 7.99. The van der Waals surface area contributed by atoms with E-state index < -0.39 is 47.0 Å². The summed E-state index contributed by atoms with van der Waals surface area (Å²) in [6.45, 7) is 0.376. The molecule has 1 unspecified atom stereocenters. The van der Waals surface area contributed by atoms with Crippen LogP contribution in [-0.2, 0) is 27.4 Å². The summed E-state index contributed by atoms with van der Waals surface area (Å²) in [6.07, 6.45) is -3.20. The minimum Gasteiger partial charge on any atom is -0.494 e. The zero-order valence-corrected chi connectivity index (χ0v) is 20.4. The smallest absolute Gasteiger partial charge is 0.147 e. The van der Waals surface area contributed by atoms with Gasteiger partial charge in [0.15, 0.2) is 0 Å². The van der Waals surface area contributed by atoms with Crippen LogP contribution in [0.15, 0.2) is 36.4 Å². The Bertz CT molecular complexity index is 1110. The first-order valence-electron chi connectivity index (χ1n) is 11.6. The van der Waals surface area contributed by atoms with Crippen molar-refractivity contribution in [2.45, 2.75) is 49.8 Å². The summed E-state index contributed by atoms with van der Waals surface area (Å²) in [6, 6.07) is 11.3. The van der Waals surface area contributed by atoms with Crippen LogP contribution >= 0.6 is 0 Å². The van der Waals surface area contributed by atoms with Crippen molar-refractivity contribution in [3.05, 3.63) is 58.7 Å². The van der Waals surface area contributed by atoms with Crippen LogP contribution in [-0.4, -0.2) is 85.1 Å². The van der Waals surface area contributed by atoms with E-state index in [1.165, 1.54) is 6.26 Å². The van der Waals surface area contributed by atoms with Gasteiger partial charge < -0.3 is 34.6 Å². The van der Waals surface area contributed by atoms with Crippen molar-refractivity contribution in [1.82, 2.24) is 0 Å². The van der Waals surface area contributed by atoms with Crippen molar-refractivity contribution in [3.63, 3.8) is 0 Å². The van der Waals surface area contributed by atoms with E-state index in [-0.39, 0.29) is 5.75 Å². The van der Waals surface area contributed by atoms with Crippen molar-refractivity contribution in [3.8, 4) is 11.5 Å². The van der Waals surface area contributed by atoms with Crippen molar-refractivity contribution >= 4 is 9.84 Å². The Morgan fingerprint density at radius 1 is 1.06 bits per heavy atom. The van der Waals surface area contributed by atoms with Crippen molar-refractivity contribution < 1.29 is 43.1 Å². The Hall–Kier alpha value is -2.21. The number of benzene rings is 2. The number of hydrogen-bond acceptors (Lipinski definition) is 9. The lowest BCUT2D eigenvalue weighted by Gasteiger charge is -2.40. The molecule has 4 rings (SSSR count). The summed E-state index contributed by atoms with van der Waals surface area (Å²) < 4.78 is 39.7. The third kappa shape index (κ3) is 6.14. The van der Waals surface area contributed by atoms with Gasteiger partial charge in [-0.3, -0.25) is 0 Å². The molecule has 5 atom stereocenters. The van der Waals surface area contributed by atoms with Crippen LogP contribution in [0.3, 0.4) is 0 Å². The van der Waals surface area contributed by atoms with Gasteiger partial charge in [0.25, 0.3) is 0 Å². The lowest BCUT2D eigenvalue weighted by molar-refractivity contribution is -0.231. The van der Waals surface area contributed by atoms with Gasteiger partial charge in [-0.15, -0.1) is 0 Å². The third-order valence-corrected chi connectivity index (χ3v) is 7.38. The topological polar surface area (TPSA) is 143 Å². The van der Waals surface area contributed by atoms with Crippen LogP contribution in [0.2, 0.25) is 0 Å². The van der Waals surface area contributed by atoms with Crippen molar-refractivity contribution in [2.75, 3.05) is 31.8 Å². The molecule has 9 nitrogen and oxygen atoms in total. The molecule has 4 N–H and O–H groups in total. The fourth-order valence-corrected chi connectivity index (χ4v) is 5.16. The van der Waals surface area contributed by atoms with Gasteiger partial charge in [-0.1, -0.05) is 12.1 Å². The highest BCUT2D eigenvalue weighted by atomic mass is 32.2. The maximum Gasteiger partial charge on any atom is 0.147 e. The van der Waals surface area contributed by atoms with E-state index in [9.17, 15) is 28.8 Å². The van der Waals surface area contributed by atoms with E-state index in [4.69, 9.17) is 14.2 Å². The van der Waals surface area contributed by atoms with Gasteiger partial charge >= 0.3 is 0 Å². The molecule has 1 saturated heterocycles. The van der Waals surface area contributed by atoms with E-state index in [0.717, 1.165) is 22.4 Å². The summed E-state index contributed by atoms with van der Waals surface area (Å²) in [7, 11) is -3.01. The van der Waals surface area contributed by atoms with Gasteiger partial charge in [-0.05, 0) is 52.9 Å². The van der Waals surface area contributed by atoms with E-state index >= 15 is 0 Å². The monoisotopic (exact) mass is 508 g/mol. The second kappa shape index (κ2) is 10.8. The summed E-state index contributed by atoms with van der Waals surface area (Å²) in [5, 5.41) is 40.4. The average Bonchev–Trinajstić information content (AvgIpc) is 3.30. The Labute approximate surface area is 204 Å². The Morgan fingerprint density at radius 3 is 2.49 bits per heavy atom. The highest BCUT2D eigenvalue weighted by molar-refractivity contribution is 7.90. The largest absolute Gasteiger partial charge is 0.494 e. The lowest BCUT2D eigenvalue weighted by Crippen LogP contribution is -2.55. The van der Waals surface area contributed by atoms with Gasteiger partial charge in [0.1, 0.15) is 51.9 Å². The number of ether oxygens (including phenoxy) is 3. The molecule has 1 fully saturated rings. The predicted octanol–water partition coefficient (Wildman–Crippen LogP) is 0.541. The molecule has 0 spiro atoms. The summed E-state index contributed by atoms with van der Waals surface area (Å²) in [5.74, 6) is 1.53. The van der Waals surface area contributed by atoms with Crippen LogP contribution < -0.4 is 9.47 Å². The molecule has 10 heteroatoms. The van der Waals surface area contributed by atoms with E-state index in [1.54, 1.807) is 0 Å². The van der Waals surface area contributed by atoms with Gasteiger partial charge in [0.2, 0.25) is 0 Å². The first-order chi connectivity index (χ1) is 16.7. The highest BCUT2D eigenvalue weighted by Gasteiger charge is 2.44. The van der Waals surface area contributed by atoms with E-state index in [0.29, 0.717) is 43.8 Å². The van der Waals surface area contributed by atoms with Gasteiger partial charge in [-0.25, -0.2) is 8.42 Å². The second-order valence-corrected chi connectivity index (χ2v) is 11.4. The Morgan fingerprint density at radius 2 is 1.80 bits per heavy atom. The summed E-state index contributed by atoms with van der Waals surface area (Å²) in [5.41, 5.74) is 3.51. The zero-order valence-electron chi connectivity index (χ0n) is 19.5. The number of rotatable bonds is 9. The number of hydrogen-bond donors (Lipinski definition) is 4. The number of sulfone groups is 1. The average molecular weight is 509 g/mol. The first-order valence-corrected chi connectivity index (χ1v) is 13.7. The van der Waals surface area contributed by atoms with E-state index in [2.05, 4.69) is 0 Å². The number of aliphatic hydroxyl groups is 4. The molecular weight excluding hydrogens is 476 g/mol. The molecule has 2 aliphatic heterocycles. The fraction of sp³-hybridized carbons (Fsp3) is 0.520. The minimum atomic E-state index is -3.01. The van der Waals surface area contributed by atoms with Gasteiger partial charge in [0.05, 0.1) is 25.6 Å². The highest BCUT2D eigenvalue weighted by Crippen LogP contribution is 2.39. The predicted molar refractivity (Wildman–Crippen MR) is 127 cm³/mol. The summed E-state index contributed by atoms with van der Waals surface area (Å²) >= 11 is 0. The number of fused-ring (bicyclic) bond motifs is 1. The molecule has 2 heterocycles. The SMILES string of the molecule is CS(=O)(=O)CCCOc1ccc(Cc2cc(C3O[C@H](CO)[C@@H](O)[C@H](O)[C@H]3O)cc3c2OCC3)cc1. The lowest BCUT2D eigenvalue weighted by atomic mass is 9.88. The quantitative estimate of drug-likeness (QED) is 0.357. The van der Waals surface area contributed by atoms with E-state index in [1.807, 2.05) is 36.4 Å². The normalized spacial score (nSPS) is 26.3. The molecule has 0 aliphatic carbocycles. The van der Waals surface area contributed by atoms with Crippen molar-refractivity contribution in [2.24, 2.45) is 0 Å². The molecular formula is C25H32O9S. The Balaban J connectivity index is 1.50. The van der Waals surface area contributed by atoms with Crippen molar-refractivity contribution in [1.29, 1.82) is 0 Å². The maximum absolute atomic E-state index is 11.2. The second-order valence-electron chi connectivity index (χ2n) is 9.17. The van der Waals surface area contributed by atoms with Crippen LogP contribution in [0.4, 0.5) is 0 Å². The molecule has 0 amide bonds. The molecule has 0 aromatic heterocycles. The number of aliphatic hydroxyl groups excluding tert-OH is 4.